The molecule has 6 nitrogen and oxygen atoms in total. The molecule has 6 heteroatoms. The molecule has 2 aromatic rings. The van der Waals surface area contributed by atoms with Crippen LogP contribution in [0.2, 0.25) is 0 Å². The highest BCUT2D eigenvalue weighted by Crippen LogP contribution is 2.29. The van der Waals surface area contributed by atoms with Gasteiger partial charge in [0.2, 0.25) is 0 Å². The first-order chi connectivity index (χ1) is 8.29. The quantitative estimate of drug-likeness (QED) is 0.847. The summed E-state index contributed by atoms with van der Waals surface area (Å²) in [6.07, 6.45) is 2.92. The van der Waals surface area contributed by atoms with E-state index in [1.54, 1.807) is 0 Å². The van der Waals surface area contributed by atoms with E-state index in [4.69, 9.17) is 9.57 Å². The highest BCUT2D eigenvalue weighted by molar-refractivity contribution is 5.91. The number of nitrogens with one attached hydrogen (secondary N) is 1. The highest BCUT2D eigenvalue weighted by Gasteiger charge is 2.18. The Morgan fingerprint density at radius 1 is 1.53 bits per heavy atom. The summed E-state index contributed by atoms with van der Waals surface area (Å²) >= 11 is 0. The standard InChI is InChI=1S/C11H14N4O2/c1-3-16-11-12-9-8-7(4-5-17-14-9)6-15(2)10(8)13-11/h6H,3-5H2,1-2H3,(H,12,13,14). The summed E-state index contributed by atoms with van der Waals surface area (Å²) in [4.78, 5) is 14.0. The first-order valence-corrected chi connectivity index (χ1v) is 5.66. The van der Waals surface area contributed by atoms with Gasteiger partial charge in [-0.25, -0.2) is 5.48 Å². The summed E-state index contributed by atoms with van der Waals surface area (Å²) in [6, 6.07) is 0.376. The molecule has 2 aromatic heterocycles. The minimum absolute atomic E-state index is 0.376. The Morgan fingerprint density at radius 3 is 3.24 bits per heavy atom. The van der Waals surface area contributed by atoms with Crippen LogP contribution in [0.3, 0.4) is 0 Å². The molecular formula is C11H14N4O2. The second-order valence-electron chi connectivity index (χ2n) is 3.95. The van der Waals surface area contributed by atoms with Crippen molar-refractivity contribution in [2.24, 2.45) is 7.05 Å². The van der Waals surface area contributed by atoms with Crippen LogP contribution in [0.15, 0.2) is 6.20 Å². The Kier molecular flexibility index (Phi) is 2.36. The van der Waals surface area contributed by atoms with Crippen molar-refractivity contribution in [2.75, 3.05) is 18.7 Å². The van der Waals surface area contributed by atoms with Crippen LogP contribution in [-0.4, -0.2) is 27.7 Å². The number of hydrogen-bond acceptors (Lipinski definition) is 5. The van der Waals surface area contributed by atoms with Crippen LogP contribution in [0, 0.1) is 0 Å². The first kappa shape index (κ1) is 10.3. The van der Waals surface area contributed by atoms with Gasteiger partial charge in [0, 0.05) is 19.7 Å². The molecule has 0 amide bonds. The monoisotopic (exact) mass is 234 g/mol. The maximum Gasteiger partial charge on any atom is 0.320 e. The predicted octanol–water partition coefficient (Wildman–Crippen LogP) is 1.27. The van der Waals surface area contributed by atoms with E-state index in [0.29, 0.717) is 25.0 Å². The van der Waals surface area contributed by atoms with E-state index in [-0.39, 0.29) is 0 Å². The van der Waals surface area contributed by atoms with Crippen LogP contribution in [0.5, 0.6) is 6.01 Å². The van der Waals surface area contributed by atoms with E-state index >= 15 is 0 Å². The lowest BCUT2D eigenvalue weighted by Gasteiger charge is -2.07. The summed E-state index contributed by atoms with van der Waals surface area (Å²) < 4.78 is 7.35. The lowest BCUT2D eigenvalue weighted by atomic mass is 10.2. The fraction of sp³-hybridized carbons (Fsp3) is 0.455. The van der Waals surface area contributed by atoms with Crippen molar-refractivity contribution < 1.29 is 9.57 Å². The normalized spacial score (nSPS) is 14.5. The maximum absolute atomic E-state index is 5.35. The molecule has 0 spiro atoms. The van der Waals surface area contributed by atoms with Gasteiger partial charge in [-0.1, -0.05) is 0 Å². The van der Waals surface area contributed by atoms with Gasteiger partial charge in [-0.3, -0.25) is 4.84 Å². The molecule has 1 N–H and O–H groups in total. The zero-order valence-electron chi connectivity index (χ0n) is 9.86. The zero-order valence-corrected chi connectivity index (χ0v) is 9.86. The van der Waals surface area contributed by atoms with Gasteiger partial charge < -0.3 is 9.30 Å². The van der Waals surface area contributed by atoms with Crippen molar-refractivity contribution in [3.8, 4) is 6.01 Å². The van der Waals surface area contributed by atoms with Crippen LogP contribution < -0.4 is 10.2 Å². The molecule has 0 saturated heterocycles. The third-order valence-electron chi connectivity index (χ3n) is 2.79. The molecule has 0 radical (unpaired) electrons. The van der Waals surface area contributed by atoms with Crippen molar-refractivity contribution in [2.45, 2.75) is 13.3 Å². The summed E-state index contributed by atoms with van der Waals surface area (Å²) in [5.41, 5.74) is 4.92. The number of hydrogen-bond donors (Lipinski definition) is 1. The van der Waals surface area contributed by atoms with E-state index in [1.807, 2.05) is 18.5 Å². The maximum atomic E-state index is 5.35. The van der Waals surface area contributed by atoms with E-state index in [0.717, 1.165) is 17.5 Å². The van der Waals surface area contributed by atoms with Crippen LogP contribution in [0.25, 0.3) is 11.0 Å². The second-order valence-corrected chi connectivity index (χ2v) is 3.95. The zero-order chi connectivity index (χ0) is 11.8. The second kappa shape index (κ2) is 3.89. The van der Waals surface area contributed by atoms with Crippen molar-refractivity contribution in [3.63, 3.8) is 0 Å². The number of aromatic nitrogens is 3. The molecule has 0 bridgehead atoms. The van der Waals surface area contributed by atoms with Crippen LogP contribution in [-0.2, 0) is 18.3 Å². The van der Waals surface area contributed by atoms with E-state index in [2.05, 4.69) is 21.6 Å². The third-order valence-corrected chi connectivity index (χ3v) is 2.79. The topological polar surface area (TPSA) is 61.2 Å². The van der Waals surface area contributed by atoms with Crippen LogP contribution in [0.1, 0.15) is 12.5 Å². The van der Waals surface area contributed by atoms with Gasteiger partial charge >= 0.3 is 6.01 Å². The van der Waals surface area contributed by atoms with Crippen LogP contribution in [0.4, 0.5) is 5.82 Å². The average Bonchev–Trinajstić information content (AvgIpc) is 2.51. The minimum atomic E-state index is 0.376. The Labute approximate surface area is 98.5 Å². The number of anilines is 1. The van der Waals surface area contributed by atoms with Gasteiger partial charge in [-0.15, -0.1) is 0 Å². The molecular weight excluding hydrogens is 220 g/mol. The minimum Gasteiger partial charge on any atom is -0.464 e. The van der Waals surface area contributed by atoms with Gasteiger partial charge in [0.05, 0.1) is 18.6 Å². The van der Waals surface area contributed by atoms with Crippen molar-refractivity contribution in [3.05, 3.63) is 11.8 Å². The summed E-state index contributed by atoms with van der Waals surface area (Å²) in [7, 11) is 1.97. The molecule has 0 aromatic carbocycles. The largest absolute Gasteiger partial charge is 0.464 e. The summed E-state index contributed by atoms with van der Waals surface area (Å²) in [5.74, 6) is 0.687. The van der Waals surface area contributed by atoms with E-state index in [1.165, 1.54) is 5.56 Å². The van der Waals surface area contributed by atoms with E-state index < -0.39 is 0 Å². The van der Waals surface area contributed by atoms with Crippen molar-refractivity contribution in [1.82, 2.24) is 14.5 Å². The molecule has 3 heterocycles. The Morgan fingerprint density at radius 2 is 2.41 bits per heavy atom. The highest BCUT2D eigenvalue weighted by atomic mass is 16.6. The SMILES string of the molecule is CCOc1nc2c3c(cn(C)c3n1)CCON2. The Balaban J connectivity index is 2.26. The number of rotatable bonds is 2. The molecule has 1 aliphatic rings. The van der Waals surface area contributed by atoms with Gasteiger partial charge in [0.1, 0.15) is 5.65 Å². The van der Waals surface area contributed by atoms with Gasteiger partial charge in [-0.2, -0.15) is 9.97 Å². The predicted molar refractivity (Wildman–Crippen MR) is 63.0 cm³/mol. The molecule has 90 valence electrons. The lowest BCUT2D eigenvalue weighted by molar-refractivity contribution is 0.198. The Hall–Kier alpha value is -1.82. The summed E-state index contributed by atoms with van der Waals surface area (Å²) in [6.45, 7) is 3.08. The number of nitrogens with zero attached hydrogens (tertiary/aromatic N) is 3. The molecule has 0 fully saturated rings. The summed E-state index contributed by atoms with van der Waals surface area (Å²) in [5, 5.41) is 1.02. The average molecular weight is 234 g/mol. The fourth-order valence-electron chi connectivity index (χ4n) is 2.08. The lowest BCUT2D eigenvalue weighted by Crippen LogP contribution is -2.06. The molecule has 17 heavy (non-hydrogen) atoms. The van der Waals surface area contributed by atoms with Crippen molar-refractivity contribution in [1.29, 1.82) is 0 Å². The van der Waals surface area contributed by atoms with Crippen LogP contribution >= 0.6 is 0 Å². The molecule has 0 unspecified atom stereocenters. The molecule has 0 saturated carbocycles. The van der Waals surface area contributed by atoms with E-state index in [9.17, 15) is 0 Å². The fourth-order valence-corrected chi connectivity index (χ4v) is 2.08. The van der Waals surface area contributed by atoms with Crippen molar-refractivity contribution >= 4 is 16.9 Å². The number of aryl methyl sites for hydroxylation is 1. The van der Waals surface area contributed by atoms with Gasteiger partial charge in [-0.05, 0) is 12.5 Å². The Bertz CT molecular complexity index is 564. The number of ether oxygens (including phenoxy) is 1. The van der Waals surface area contributed by atoms with Gasteiger partial charge in [0.15, 0.2) is 5.82 Å². The molecule has 0 aliphatic carbocycles. The smallest absolute Gasteiger partial charge is 0.320 e. The molecule has 0 atom stereocenters. The molecule has 3 rings (SSSR count). The first-order valence-electron chi connectivity index (χ1n) is 5.66. The van der Waals surface area contributed by atoms with Gasteiger partial charge in [0.25, 0.3) is 0 Å². The molecule has 1 aliphatic heterocycles. The third kappa shape index (κ3) is 1.61.